The molecular weight excluding hydrogens is 665 g/mol. The van der Waals surface area contributed by atoms with Crippen molar-refractivity contribution in [1.82, 2.24) is 0 Å². The van der Waals surface area contributed by atoms with Crippen LogP contribution in [0.4, 0.5) is 5.69 Å². The van der Waals surface area contributed by atoms with Crippen molar-refractivity contribution in [3.8, 4) is 0 Å². The Morgan fingerprint density at radius 3 is 1.27 bits per heavy atom. The highest BCUT2D eigenvalue weighted by Gasteiger charge is 2.18. The minimum absolute atomic E-state index is 0.983. The molecule has 0 aliphatic rings. The van der Waals surface area contributed by atoms with Crippen LogP contribution in [0.15, 0.2) is 47.2 Å². The summed E-state index contributed by atoms with van der Waals surface area (Å²) < 4.78 is 2.39. The molecule has 0 bridgehead atoms. The molecule has 0 amide bonds. The summed E-state index contributed by atoms with van der Waals surface area (Å²) in [4.78, 5) is 0. The van der Waals surface area contributed by atoms with Gasteiger partial charge in [-0.05, 0) is 77.2 Å². The first-order valence-corrected chi connectivity index (χ1v) is 24.5. The van der Waals surface area contributed by atoms with Gasteiger partial charge in [0.2, 0.25) is 5.70 Å². The molecule has 0 aliphatic carbocycles. The summed E-state index contributed by atoms with van der Waals surface area (Å²) in [5.41, 5.74) is 9.94. The van der Waals surface area contributed by atoms with Crippen LogP contribution in [-0.4, -0.2) is 11.2 Å². The number of hydrogen-bond donors (Lipinski definition) is 0. The second-order valence-corrected chi connectivity index (χ2v) is 17.0. The van der Waals surface area contributed by atoms with Crippen LogP contribution in [-0.2, 0) is 25.7 Å². The number of nitrogens with zero attached hydrogens (tertiary/aromatic N) is 2. The van der Waals surface area contributed by atoms with Crippen molar-refractivity contribution in [2.24, 2.45) is 5.11 Å². The molecule has 0 saturated heterocycles. The number of rotatable bonds is 36. The normalized spacial score (nSPS) is 12.3. The van der Waals surface area contributed by atoms with Gasteiger partial charge in [0.15, 0.2) is 6.54 Å². The molecule has 0 spiro atoms. The van der Waals surface area contributed by atoms with E-state index in [1.807, 2.05) is 0 Å². The molecule has 0 fully saturated rings. The van der Waals surface area contributed by atoms with Gasteiger partial charge in [-0.1, -0.05) is 231 Å². The van der Waals surface area contributed by atoms with Crippen LogP contribution in [0.5, 0.6) is 0 Å². The van der Waals surface area contributed by atoms with Crippen molar-refractivity contribution in [2.75, 3.05) is 6.54 Å². The van der Waals surface area contributed by atoms with E-state index in [0.717, 1.165) is 37.9 Å². The molecule has 2 rings (SSSR count). The van der Waals surface area contributed by atoms with Gasteiger partial charge < -0.3 is 0 Å². The Kier molecular flexibility index (Phi) is 30.1. The van der Waals surface area contributed by atoms with E-state index in [0.29, 0.717) is 0 Å². The first kappa shape index (κ1) is 48.9. The number of aryl methyl sites for hydroxylation is 4. The average molecular weight is 756 g/mol. The fourth-order valence-corrected chi connectivity index (χ4v) is 8.35. The SMILES string of the molecule is CCCCCCCCCCCCCCCCCCCCCCCC(=Cc1ccc(CCC)c(CCC)c1)[N+](CCCC)=Nc1ccc(CCC)c(CCC)c1. The van der Waals surface area contributed by atoms with Gasteiger partial charge in [-0.15, -0.1) is 0 Å². The topological polar surface area (TPSA) is 15.4 Å². The van der Waals surface area contributed by atoms with Crippen molar-refractivity contribution < 1.29 is 4.70 Å². The molecular formula is C53H91N2+. The minimum Gasteiger partial charge on any atom is -0.0879 e. The van der Waals surface area contributed by atoms with Gasteiger partial charge in [0.1, 0.15) is 5.69 Å². The highest BCUT2D eigenvalue weighted by atomic mass is 15.3. The van der Waals surface area contributed by atoms with Crippen molar-refractivity contribution in [2.45, 2.75) is 247 Å². The summed E-state index contributed by atoms with van der Waals surface area (Å²) in [6.07, 6.45) is 45.3. The molecule has 0 aromatic heterocycles. The molecule has 55 heavy (non-hydrogen) atoms. The Balaban J connectivity index is 1.92. The van der Waals surface area contributed by atoms with Gasteiger partial charge in [-0.2, -0.15) is 0 Å². The summed E-state index contributed by atoms with van der Waals surface area (Å²) >= 11 is 0. The van der Waals surface area contributed by atoms with E-state index in [-0.39, 0.29) is 0 Å². The first-order valence-electron chi connectivity index (χ1n) is 24.5. The lowest BCUT2D eigenvalue weighted by atomic mass is 9.96. The van der Waals surface area contributed by atoms with E-state index in [1.54, 1.807) is 5.56 Å². The van der Waals surface area contributed by atoms with Crippen molar-refractivity contribution in [1.29, 1.82) is 0 Å². The Bertz CT molecular complexity index is 1270. The zero-order valence-electron chi connectivity index (χ0n) is 37.8. The maximum absolute atomic E-state index is 5.41. The van der Waals surface area contributed by atoms with E-state index < -0.39 is 0 Å². The van der Waals surface area contributed by atoms with Crippen molar-refractivity contribution in [3.05, 3.63) is 69.9 Å². The number of allylic oxidation sites excluding steroid dienone is 1. The third-order valence-corrected chi connectivity index (χ3v) is 11.7. The largest absolute Gasteiger partial charge is 0.209 e. The van der Waals surface area contributed by atoms with Gasteiger partial charge >= 0.3 is 0 Å². The second kappa shape index (κ2) is 33.9. The summed E-state index contributed by atoms with van der Waals surface area (Å²) in [6, 6.07) is 14.3. The summed E-state index contributed by atoms with van der Waals surface area (Å²) in [5.74, 6) is 0. The molecule has 0 unspecified atom stereocenters. The summed E-state index contributed by atoms with van der Waals surface area (Å²) in [5, 5.41) is 5.41. The van der Waals surface area contributed by atoms with Gasteiger partial charge in [0, 0.05) is 18.9 Å². The zero-order valence-corrected chi connectivity index (χ0v) is 37.8. The van der Waals surface area contributed by atoms with Gasteiger partial charge in [0.05, 0.1) is 0 Å². The van der Waals surface area contributed by atoms with E-state index in [1.165, 1.54) is 208 Å². The van der Waals surface area contributed by atoms with E-state index in [9.17, 15) is 0 Å². The summed E-state index contributed by atoms with van der Waals surface area (Å²) in [7, 11) is 0. The van der Waals surface area contributed by atoms with Crippen LogP contribution < -0.4 is 0 Å². The molecule has 0 aliphatic heterocycles. The molecule has 2 aromatic rings. The molecule has 0 saturated carbocycles. The Hall–Kier alpha value is -2.22. The number of unbranched alkanes of at least 4 members (excludes halogenated alkanes) is 21. The lowest BCUT2D eigenvalue weighted by Crippen LogP contribution is -2.11. The minimum atomic E-state index is 0.983. The van der Waals surface area contributed by atoms with E-state index in [4.69, 9.17) is 5.11 Å². The van der Waals surface area contributed by atoms with Crippen molar-refractivity contribution in [3.63, 3.8) is 0 Å². The Morgan fingerprint density at radius 2 is 0.818 bits per heavy atom. The molecule has 2 aromatic carbocycles. The smallest absolute Gasteiger partial charge is 0.0879 e. The molecule has 2 heteroatoms. The molecule has 0 N–H and O–H groups in total. The molecule has 0 atom stereocenters. The fraction of sp³-hybridized carbons (Fsp3) is 0.736. The number of azo groups is 2. The third-order valence-electron chi connectivity index (χ3n) is 11.7. The maximum atomic E-state index is 5.41. The third kappa shape index (κ3) is 22.9. The van der Waals surface area contributed by atoms with Gasteiger partial charge in [-0.3, -0.25) is 0 Å². The molecule has 2 nitrogen and oxygen atoms in total. The monoisotopic (exact) mass is 756 g/mol. The Labute approximate surface area is 343 Å². The highest BCUT2D eigenvalue weighted by molar-refractivity contribution is 5.54. The lowest BCUT2D eigenvalue weighted by molar-refractivity contribution is -0.543. The first-order chi connectivity index (χ1) is 27.1. The van der Waals surface area contributed by atoms with Gasteiger partial charge in [-0.25, -0.2) is 0 Å². The van der Waals surface area contributed by atoms with E-state index in [2.05, 4.69) is 88.7 Å². The summed E-state index contributed by atoms with van der Waals surface area (Å²) in [6.45, 7) is 14.8. The molecule has 0 radical (unpaired) electrons. The standard InChI is InChI=1S/C53H91N2/c1-7-13-15-16-17-18-19-20-21-22-23-24-25-26-27-28-29-30-31-32-33-38-53(45-47-39-40-48(34-9-3)50(44-47)36-11-5)55(43-14-8-2)54-52-42-41-49(35-10-4)51(46-52)37-12-6/h39-42,44-46H,7-38,43H2,1-6H3/q+1. The zero-order chi connectivity index (χ0) is 39.6. The van der Waals surface area contributed by atoms with Crippen LogP contribution in [0.3, 0.4) is 0 Å². The number of benzene rings is 2. The predicted octanol–water partition coefficient (Wildman–Crippen LogP) is 18.0. The lowest BCUT2D eigenvalue weighted by Gasteiger charge is -2.11. The van der Waals surface area contributed by atoms with Crippen LogP contribution in [0.2, 0.25) is 0 Å². The van der Waals surface area contributed by atoms with Crippen LogP contribution in [0, 0.1) is 0 Å². The quantitative estimate of drug-likeness (QED) is 0.0374. The van der Waals surface area contributed by atoms with Crippen molar-refractivity contribution >= 4 is 11.8 Å². The second-order valence-electron chi connectivity index (χ2n) is 17.0. The predicted molar refractivity (Wildman–Crippen MR) is 246 cm³/mol. The van der Waals surface area contributed by atoms with E-state index >= 15 is 0 Å². The average Bonchev–Trinajstić information content (AvgIpc) is 3.19. The maximum Gasteiger partial charge on any atom is 0.209 e. The fourth-order valence-electron chi connectivity index (χ4n) is 8.35. The van der Waals surface area contributed by atoms with Gasteiger partial charge in [0.25, 0.3) is 0 Å². The van der Waals surface area contributed by atoms with Crippen LogP contribution >= 0.6 is 0 Å². The Morgan fingerprint density at radius 1 is 0.418 bits per heavy atom. The van der Waals surface area contributed by atoms with Crippen LogP contribution in [0.25, 0.3) is 6.08 Å². The molecule has 0 heterocycles. The molecule has 312 valence electrons. The number of hydrogen-bond acceptors (Lipinski definition) is 1. The highest BCUT2D eigenvalue weighted by Crippen LogP contribution is 2.26. The van der Waals surface area contributed by atoms with Crippen LogP contribution in [0.1, 0.15) is 249 Å².